The Hall–Kier alpha value is -1.65. The van der Waals surface area contributed by atoms with E-state index in [0.29, 0.717) is 27.5 Å². The normalized spacial score (nSPS) is 14.8. The van der Waals surface area contributed by atoms with Gasteiger partial charge in [-0.05, 0) is 31.0 Å². The minimum atomic E-state index is -0.377. The Morgan fingerprint density at radius 2 is 1.86 bits per heavy atom. The maximum atomic E-state index is 13.4. The predicted molar refractivity (Wildman–Crippen MR) is 81.2 cm³/mol. The fraction of sp³-hybridized carbons (Fsp3) is 0.200. The van der Waals surface area contributed by atoms with Crippen molar-refractivity contribution in [3.63, 3.8) is 0 Å². The van der Waals surface area contributed by atoms with Crippen LogP contribution in [0.15, 0.2) is 30.6 Å². The third kappa shape index (κ3) is 2.19. The van der Waals surface area contributed by atoms with Crippen molar-refractivity contribution in [3.8, 4) is 11.4 Å². The monoisotopic (exact) mass is 321 g/mol. The van der Waals surface area contributed by atoms with Crippen molar-refractivity contribution in [2.75, 3.05) is 0 Å². The fourth-order valence-corrected chi connectivity index (χ4v) is 2.85. The molecule has 1 aliphatic rings. The first-order valence-corrected chi connectivity index (χ1v) is 7.37. The van der Waals surface area contributed by atoms with Gasteiger partial charge in [-0.1, -0.05) is 23.2 Å². The summed E-state index contributed by atoms with van der Waals surface area (Å²) in [5.74, 6) is 0.329. The van der Waals surface area contributed by atoms with Crippen LogP contribution in [0.3, 0.4) is 0 Å². The van der Waals surface area contributed by atoms with Crippen molar-refractivity contribution in [2.24, 2.45) is 0 Å². The standard InChI is InChI=1S/C15H10Cl2FN3/c16-11-4-13-14(5-12(11)17)21(10-1-2-10)15(20-13)8-3-9(18)7-19-6-8/h3-7,10H,1-2H2. The zero-order valence-electron chi connectivity index (χ0n) is 10.9. The third-order valence-corrected chi connectivity index (χ3v) is 4.33. The molecule has 0 radical (unpaired) electrons. The molecule has 2 heterocycles. The summed E-state index contributed by atoms with van der Waals surface area (Å²) < 4.78 is 15.5. The highest BCUT2D eigenvalue weighted by molar-refractivity contribution is 6.42. The van der Waals surface area contributed by atoms with Crippen LogP contribution in [-0.2, 0) is 0 Å². The van der Waals surface area contributed by atoms with Gasteiger partial charge in [-0.25, -0.2) is 9.37 Å². The molecule has 3 nitrogen and oxygen atoms in total. The Bertz CT molecular complexity index is 855. The quantitative estimate of drug-likeness (QED) is 0.673. The number of rotatable bonds is 2. The van der Waals surface area contributed by atoms with Crippen LogP contribution in [0.1, 0.15) is 18.9 Å². The van der Waals surface area contributed by atoms with E-state index < -0.39 is 0 Å². The number of fused-ring (bicyclic) bond motifs is 1. The van der Waals surface area contributed by atoms with Crippen molar-refractivity contribution < 1.29 is 4.39 Å². The zero-order chi connectivity index (χ0) is 14.6. The van der Waals surface area contributed by atoms with Crippen LogP contribution in [0.5, 0.6) is 0 Å². The molecule has 0 unspecified atom stereocenters. The molecule has 2 aromatic heterocycles. The molecule has 0 N–H and O–H groups in total. The van der Waals surface area contributed by atoms with Crippen LogP contribution in [0.25, 0.3) is 22.4 Å². The van der Waals surface area contributed by atoms with Crippen LogP contribution in [0, 0.1) is 5.82 Å². The van der Waals surface area contributed by atoms with E-state index in [1.807, 2.05) is 6.07 Å². The summed E-state index contributed by atoms with van der Waals surface area (Å²) in [6, 6.07) is 5.39. The van der Waals surface area contributed by atoms with Crippen LogP contribution >= 0.6 is 23.2 Å². The molecule has 1 saturated carbocycles. The van der Waals surface area contributed by atoms with Crippen molar-refractivity contribution in [1.29, 1.82) is 0 Å². The number of imidazole rings is 1. The Morgan fingerprint density at radius 3 is 2.57 bits per heavy atom. The Kier molecular flexibility index (Phi) is 2.91. The smallest absolute Gasteiger partial charge is 0.143 e. The number of benzene rings is 1. The molecular weight excluding hydrogens is 312 g/mol. The van der Waals surface area contributed by atoms with Gasteiger partial charge in [0.1, 0.15) is 11.6 Å². The zero-order valence-corrected chi connectivity index (χ0v) is 12.4. The first-order chi connectivity index (χ1) is 10.1. The lowest BCUT2D eigenvalue weighted by Crippen LogP contribution is -1.98. The second kappa shape index (κ2) is 4.68. The van der Waals surface area contributed by atoms with Gasteiger partial charge in [0, 0.05) is 17.8 Å². The largest absolute Gasteiger partial charge is 0.321 e. The van der Waals surface area contributed by atoms with E-state index in [0.717, 1.165) is 23.9 Å². The number of halogens is 3. The van der Waals surface area contributed by atoms with Crippen molar-refractivity contribution in [1.82, 2.24) is 14.5 Å². The summed E-state index contributed by atoms with van der Waals surface area (Å²) in [5.41, 5.74) is 2.34. The SMILES string of the molecule is Fc1cncc(-c2nc3cc(Cl)c(Cl)cc3n2C2CC2)c1. The van der Waals surface area contributed by atoms with E-state index in [-0.39, 0.29) is 5.82 Å². The van der Waals surface area contributed by atoms with E-state index in [1.54, 1.807) is 12.3 Å². The molecule has 1 aromatic carbocycles. The molecule has 21 heavy (non-hydrogen) atoms. The van der Waals surface area contributed by atoms with Crippen LogP contribution < -0.4 is 0 Å². The Balaban J connectivity index is 2.02. The highest BCUT2D eigenvalue weighted by Gasteiger charge is 2.29. The summed E-state index contributed by atoms with van der Waals surface area (Å²) in [6.45, 7) is 0. The second-order valence-corrected chi connectivity index (χ2v) is 6.00. The molecule has 6 heteroatoms. The van der Waals surface area contributed by atoms with E-state index in [9.17, 15) is 4.39 Å². The first-order valence-electron chi connectivity index (χ1n) is 6.61. The second-order valence-electron chi connectivity index (χ2n) is 5.18. The van der Waals surface area contributed by atoms with E-state index in [1.165, 1.54) is 12.3 Å². The summed E-state index contributed by atoms with van der Waals surface area (Å²) in [6.07, 6.45) is 4.97. The molecule has 0 atom stereocenters. The lowest BCUT2D eigenvalue weighted by Gasteiger charge is -2.07. The number of nitrogens with zero attached hydrogens (tertiary/aromatic N) is 3. The van der Waals surface area contributed by atoms with E-state index in [2.05, 4.69) is 14.5 Å². The van der Waals surface area contributed by atoms with Gasteiger partial charge in [-0.15, -0.1) is 0 Å². The number of pyridine rings is 1. The summed E-state index contributed by atoms with van der Waals surface area (Å²) in [5, 5.41) is 0.961. The molecule has 0 bridgehead atoms. The van der Waals surface area contributed by atoms with Gasteiger partial charge in [-0.2, -0.15) is 0 Å². The van der Waals surface area contributed by atoms with Crippen LogP contribution in [0.2, 0.25) is 10.0 Å². The lowest BCUT2D eigenvalue weighted by molar-refractivity contribution is 0.621. The molecule has 1 fully saturated rings. The van der Waals surface area contributed by atoms with Gasteiger partial charge in [0.2, 0.25) is 0 Å². The summed E-state index contributed by atoms with van der Waals surface area (Å²) in [7, 11) is 0. The van der Waals surface area contributed by atoms with E-state index >= 15 is 0 Å². The maximum Gasteiger partial charge on any atom is 0.143 e. The molecular formula is C15H10Cl2FN3. The van der Waals surface area contributed by atoms with Crippen molar-refractivity contribution in [2.45, 2.75) is 18.9 Å². The molecule has 0 amide bonds. The predicted octanol–water partition coefficient (Wildman–Crippen LogP) is 4.88. The molecule has 4 rings (SSSR count). The van der Waals surface area contributed by atoms with Gasteiger partial charge in [0.05, 0.1) is 27.3 Å². The van der Waals surface area contributed by atoms with Crippen molar-refractivity contribution in [3.05, 3.63) is 46.5 Å². The molecule has 0 aliphatic heterocycles. The molecule has 106 valence electrons. The average molecular weight is 322 g/mol. The summed E-state index contributed by atoms with van der Waals surface area (Å²) >= 11 is 12.2. The van der Waals surface area contributed by atoms with Crippen LogP contribution in [-0.4, -0.2) is 14.5 Å². The minimum absolute atomic E-state index is 0.377. The topological polar surface area (TPSA) is 30.7 Å². The van der Waals surface area contributed by atoms with E-state index in [4.69, 9.17) is 23.2 Å². The number of hydrogen-bond acceptors (Lipinski definition) is 2. The Labute approximate surface area is 130 Å². The third-order valence-electron chi connectivity index (χ3n) is 3.61. The highest BCUT2D eigenvalue weighted by atomic mass is 35.5. The maximum absolute atomic E-state index is 13.4. The van der Waals surface area contributed by atoms with Gasteiger partial charge < -0.3 is 4.57 Å². The average Bonchev–Trinajstić information content (AvgIpc) is 3.22. The Morgan fingerprint density at radius 1 is 1.10 bits per heavy atom. The minimum Gasteiger partial charge on any atom is -0.321 e. The van der Waals surface area contributed by atoms with Gasteiger partial charge in [-0.3, -0.25) is 4.98 Å². The molecule has 0 spiro atoms. The van der Waals surface area contributed by atoms with Crippen LogP contribution in [0.4, 0.5) is 4.39 Å². The van der Waals surface area contributed by atoms with Gasteiger partial charge in [0.15, 0.2) is 0 Å². The fourth-order valence-electron chi connectivity index (χ4n) is 2.53. The summed E-state index contributed by atoms with van der Waals surface area (Å²) in [4.78, 5) is 8.51. The molecule has 1 aliphatic carbocycles. The van der Waals surface area contributed by atoms with Gasteiger partial charge >= 0.3 is 0 Å². The number of hydrogen-bond donors (Lipinski definition) is 0. The number of aromatic nitrogens is 3. The molecule has 3 aromatic rings. The van der Waals surface area contributed by atoms with Gasteiger partial charge in [0.25, 0.3) is 0 Å². The lowest BCUT2D eigenvalue weighted by atomic mass is 10.2. The highest BCUT2D eigenvalue weighted by Crippen LogP contribution is 2.42. The van der Waals surface area contributed by atoms with Crippen molar-refractivity contribution >= 4 is 34.2 Å². The first kappa shape index (κ1) is 13.0. The molecule has 0 saturated heterocycles.